The lowest BCUT2D eigenvalue weighted by atomic mass is 9.94. The number of ketones is 1. The van der Waals surface area contributed by atoms with Crippen LogP contribution < -0.4 is 4.90 Å². The third kappa shape index (κ3) is 3.13. The zero-order valence-corrected chi connectivity index (χ0v) is 12.0. The van der Waals surface area contributed by atoms with Gasteiger partial charge in [0.2, 0.25) is 0 Å². The number of rotatable bonds is 4. The molecule has 1 aliphatic heterocycles. The van der Waals surface area contributed by atoms with Gasteiger partial charge < -0.3 is 9.64 Å². The molecule has 0 aromatic carbocycles. The number of carbonyl (C=O) groups excluding carboxylic acids is 1. The van der Waals surface area contributed by atoms with Crippen LogP contribution in [0, 0.1) is 0 Å². The van der Waals surface area contributed by atoms with Crippen LogP contribution in [0.1, 0.15) is 43.6 Å². The summed E-state index contributed by atoms with van der Waals surface area (Å²) in [6, 6.07) is 3.80. The van der Waals surface area contributed by atoms with Gasteiger partial charge in [0.15, 0.2) is 5.78 Å². The molecule has 0 amide bonds. The van der Waals surface area contributed by atoms with E-state index in [1.165, 1.54) is 0 Å². The number of anilines is 1. The van der Waals surface area contributed by atoms with E-state index >= 15 is 0 Å². The third-order valence-electron chi connectivity index (χ3n) is 3.87. The number of pyridine rings is 1. The van der Waals surface area contributed by atoms with Crippen molar-refractivity contribution in [3.63, 3.8) is 0 Å². The molecule has 2 heterocycles. The van der Waals surface area contributed by atoms with Crippen LogP contribution >= 0.6 is 0 Å². The van der Waals surface area contributed by atoms with Gasteiger partial charge in [-0.25, -0.2) is 0 Å². The van der Waals surface area contributed by atoms with E-state index in [4.69, 9.17) is 4.74 Å². The van der Waals surface area contributed by atoms with E-state index in [0.717, 1.165) is 31.6 Å². The maximum Gasteiger partial charge on any atom is 0.180 e. The average Bonchev–Trinajstić information content (AvgIpc) is 2.46. The predicted molar refractivity (Wildman–Crippen MR) is 75.7 cm³/mol. The molecular formula is C15H22N2O2. The summed E-state index contributed by atoms with van der Waals surface area (Å²) in [7, 11) is 1.77. The van der Waals surface area contributed by atoms with E-state index in [0.29, 0.717) is 12.1 Å². The Morgan fingerprint density at radius 2 is 2.32 bits per heavy atom. The first-order valence-corrected chi connectivity index (χ1v) is 6.87. The molecule has 1 saturated heterocycles. The van der Waals surface area contributed by atoms with Crippen molar-refractivity contribution in [2.45, 2.75) is 38.7 Å². The van der Waals surface area contributed by atoms with Gasteiger partial charge in [-0.15, -0.1) is 0 Å². The zero-order chi connectivity index (χ0) is 13.9. The molecule has 1 aromatic rings. The second-order valence-electron chi connectivity index (χ2n) is 5.36. The Morgan fingerprint density at radius 3 is 2.89 bits per heavy atom. The van der Waals surface area contributed by atoms with Gasteiger partial charge in [0.1, 0.15) is 5.69 Å². The molecule has 1 aromatic heterocycles. The minimum Gasteiger partial charge on any atom is -0.377 e. The van der Waals surface area contributed by atoms with Crippen LogP contribution in [0.2, 0.25) is 0 Å². The van der Waals surface area contributed by atoms with E-state index in [9.17, 15) is 4.79 Å². The van der Waals surface area contributed by atoms with Gasteiger partial charge in [-0.2, -0.15) is 0 Å². The quantitative estimate of drug-likeness (QED) is 0.782. The predicted octanol–water partition coefficient (Wildman–Crippen LogP) is 2.68. The SMILES string of the molecule is CCC(=O)c1ccc(N2CCCC(C)(OC)C2)cn1. The number of aromatic nitrogens is 1. The lowest BCUT2D eigenvalue weighted by Gasteiger charge is -2.40. The molecule has 0 N–H and O–H groups in total. The molecular weight excluding hydrogens is 240 g/mol. The smallest absolute Gasteiger partial charge is 0.180 e. The van der Waals surface area contributed by atoms with Gasteiger partial charge in [-0.05, 0) is 31.9 Å². The number of carbonyl (C=O) groups is 1. The van der Waals surface area contributed by atoms with E-state index in [-0.39, 0.29) is 11.4 Å². The van der Waals surface area contributed by atoms with E-state index in [1.807, 2.05) is 19.1 Å². The van der Waals surface area contributed by atoms with Crippen LogP contribution in [0.4, 0.5) is 5.69 Å². The molecule has 0 spiro atoms. The molecule has 0 saturated carbocycles. The second kappa shape index (κ2) is 5.70. The highest BCUT2D eigenvalue weighted by Crippen LogP contribution is 2.27. The van der Waals surface area contributed by atoms with Crippen molar-refractivity contribution < 1.29 is 9.53 Å². The van der Waals surface area contributed by atoms with Gasteiger partial charge in [-0.1, -0.05) is 6.92 Å². The summed E-state index contributed by atoms with van der Waals surface area (Å²) >= 11 is 0. The van der Waals surface area contributed by atoms with Crippen molar-refractivity contribution in [1.29, 1.82) is 0 Å². The number of hydrogen-bond acceptors (Lipinski definition) is 4. The van der Waals surface area contributed by atoms with Gasteiger partial charge in [0.25, 0.3) is 0 Å². The second-order valence-corrected chi connectivity index (χ2v) is 5.36. The van der Waals surface area contributed by atoms with Crippen LogP contribution in [0.3, 0.4) is 0 Å². The Labute approximate surface area is 114 Å². The van der Waals surface area contributed by atoms with Crippen LogP contribution in [-0.4, -0.2) is 36.6 Å². The number of Topliss-reactive ketones (excluding diaryl/α,β-unsaturated/α-hetero) is 1. The summed E-state index contributed by atoms with van der Waals surface area (Å²) in [5.41, 5.74) is 1.53. The lowest BCUT2D eigenvalue weighted by Crippen LogP contribution is -2.47. The maximum atomic E-state index is 11.6. The first-order valence-electron chi connectivity index (χ1n) is 6.87. The van der Waals surface area contributed by atoms with E-state index in [1.54, 1.807) is 13.3 Å². The Balaban J connectivity index is 2.12. The minimum atomic E-state index is -0.0871. The highest BCUT2D eigenvalue weighted by atomic mass is 16.5. The Bertz CT molecular complexity index is 444. The average molecular weight is 262 g/mol. The van der Waals surface area contributed by atoms with Gasteiger partial charge in [-0.3, -0.25) is 9.78 Å². The normalized spacial score (nSPS) is 23.4. The third-order valence-corrected chi connectivity index (χ3v) is 3.87. The van der Waals surface area contributed by atoms with Crippen molar-refractivity contribution >= 4 is 11.5 Å². The van der Waals surface area contributed by atoms with Crippen LogP contribution in [-0.2, 0) is 4.74 Å². The number of methoxy groups -OCH3 is 1. The summed E-state index contributed by atoms with van der Waals surface area (Å²) < 4.78 is 5.59. The topological polar surface area (TPSA) is 42.4 Å². The Hall–Kier alpha value is -1.42. The van der Waals surface area contributed by atoms with Crippen molar-refractivity contribution in [1.82, 2.24) is 4.98 Å². The first-order chi connectivity index (χ1) is 9.08. The molecule has 19 heavy (non-hydrogen) atoms. The number of ether oxygens (including phenoxy) is 1. The van der Waals surface area contributed by atoms with E-state index < -0.39 is 0 Å². The summed E-state index contributed by atoms with van der Waals surface area (Å²) in [5, 5.41) is 0. The molecule has 1 aliphatic rings. The molecule has 2 rings (SSSR count). The monoisotopic (exact) mass is 262 g/mol. The molecule has 0 bridgehead atoms. The van der Waals surface area contributed by atoms with Crippen molar-refractivity contribution in [3.8, 4) is 0 Å². The Morgan fingerprint density at radius 1 is 1.53 bits per heavy atom. The fourth-order valence-corrected chi connectivity index (χ4v) is 2.51. The number of piperidine rings is 1. The summed E-state index contributed by atoms with van der Waals surface area (Å²) in [4.78, 5) is 18.1. The zero-order valence-electron chi connectivity index (χ0n) is 12.0. The molecule has 104 valence electrons. The van der Waals surface area contributed by atoms with E-state index in [2.05, 4.69) is 16.8 Å². The number of hydrogen-bond donors (Lipinski definition) is 0. The van der Waals surface area contributed by atoms with Crippen molar-refractivity contribution in [2.24, 2.45) is 0 Å². The molecule has 4 nitrogen and oxygen atoms in total. The molecule has 1 atom stereocenters. The largest absolute Gasteiger partial charge is 0.377 e. The summed E-state index contributed by atoms with van der Waals surface area (Å²) in [6.07, 6.45) is 4.49. The highest BCUT2D eigenvalue weighted by molar-refractivity contribution is 5.94. The standard InChI is InChI=1S/C15H22N2O2/c1-4-14(18)13-7-6-12(10-16-13)17-9-5-8-15(2,11-17)19-3/h6-7,10H,4-5,8-9,11H2,1-3H3. The minimum absolute atomic E-state index is 0.0871. The summed E-state index contributed by atoms with van der Waals surface area (Å²) in [5.74, 6) is 0.0897. The molecule has 0 aliphatic carbocycles. The molecule has 0 radical (unpaired) electrons. The van der Waals surface area contributed by atoms with Crippen LogP contribution in [0.15, 0.2) is 18.3 Å². The van der Waals surface area contributed by atoms with Gasteiger partial charge in [0.05, 0.1) is 17.5 Å². The maximum absolute atomic E-state index is 11.6. The van der Waals surface area contributed by atoms with Crippen LogP contribution in [0.25, 0.3) is 0 Å². The first kappa shape index (κ1) is 14.0. The van der Waals surface area contributed by atoms with Gasteiger partial charge >= 0.3 is 0 Å². The molecule has 1 fully saturated rings. The lowest BCUT2D eigenvalue weighted by molar-refractivity contribution is -0.00466. The van der Waals surface area contributed by atoms with Crippen LogP contribution in [0.5, 0.6) is 0 Å². The van der Waals surface area contributed by atoms with Crippen molar-refractivity contribution in [3.05, 3.63) is 24.0 Å². The van der Waals surface area contributed by atoms with Crippen molar-refractivity contribution in [2.75, 3.05) is 25.1 Å². The number of nitrogens with zero attached hydrogens (tertiary/aromatic N) is 2. The fraction of sp³-hybridized carbons (Fsp3) is 0.600. The van der Waals surface area contributed by atoms with Gasteiger partial charge in [0, 0.05) is 26.6 Å². The highest BCUT2D eigenvalue weighted by Gasteiger charge is 2.30. The fourth-order valence-electron chi connectivity index (χ4n) is 2.51. The summed E-state index contributed by atoms with van der Waals surface area (Å²) in [6.45, 7) is 5.88. The molecule has 1 unspecified atom stereocenters. The Kier molecular flexibility index (Phi) is 4.20. The molecule has 4 heteroatoms.